The molecule has 0 spiro atoms. The maximum atomic E-state index is 13.0. The summed E-state index contributed by atoms with van der Waals surface area (Å²) in [5.41, 5.74) is 0.700. The van der Waals surface area contributed by atoms with E-state index in [1.807, 2.05) is 48.3 Å². The topological polar surface area (TPSA) is 45.9 Å². The number of ether oxygens (including phenoxy) is 1. The highest BCUT2D eigenvalue weighted by atomic mass is 16.5. The zero-order chi connectivity index (χ0) is 18.5. The molecule has 5 heteroatoms. The number of amides is 1. The normalized spacial score (nSPS) is 20.2. The van der Waals surface area contributed by atoms with E-state index in [9.17, 15) is 4.79 Å². The van der Waals surface area contributed by atoms with Gasteiger partial charge in [0, 0.05) is 24.7 Å². The molecule has 1 aromatic heterocycles. The van der Waals surface area contributed by atoms with Gasteiger partial charge in [-0.15, -0.1) is 0 Å². The van der Waals surface area contributed by atoms with Crippen LogP contribution in [0.5, 0.6) is 5.75 Å². The van der Waals surface area contributed by atoms with Crippen LogP contribution in [0.15, 0.2) is 47.1 Å². The number of nitrogens with zero attached hydrogens (tertiary/aromatic N) is 2. The number of hydrogen-bond acceptors (Lipinski definition) is 4. The van der Waals surface area contributed by atoms with E-state index >= 15 is 0 Å². The maximum Gasteiger partial charge on any atom is 0.253 e. The van der Waals surface area contributed by atoms with Gasteiger partial charge in [-0.05, 0) is 56.3 Å². The highest BCUT2D eigenvalue weighted by Crippen LogP contribution is 2.28. The molecule has 0 bridgehead atoms. The van der Waals surface area contributed by atoms with Crippen molar-refractivity contribution in [3.05, 3.63) is 54.0 Å². The van der Waals surface area contributed by atoms with E-state index in [1.54, 1.807) is 13.4 Å². The molecule has 0 radical (unpaired) electrons. The molecule has 2 aromatic rings. The van der Waals surface area contributed by atoms with Gasteiger partial charge in [-0.3, -0.25) is 9.69 Å². The van der Waals surface area contributed by atoms with Crippen LogP contribution in [0.3, 0.4) is 0 Å². The molecule has 2 atom stereocenters. The lowest BCUT2D eigenvalue weighted by molar-refractivity contribution is 0.0473. The molecule has 1 aliphatic rings. The molecule has 0 unspecified atom stereocenters. The average Bonchev–Trinajstić information content (AvgIpc) is 3.20. The summed E-state index contributed by atoms with van der Waals surface area (Å²) in [4.78, 5) is 17.2. The molecule has 0 saturated heterocycles. The molecule has 140 valence electrons. The minimum Gasteiger partial charge on any atom is -0.497 e. The first-order chi connectivity index (χ1) is 12.6. The summed E-state index contributed by atoms with van der Waals surface area (Å²) >= 11 is 0. The van der Waals surface area contributed by atoms with Crippen molar-refractivity contribution in [3.8, 4) is 5.75 Å². The zero-order valence-electron chi connectivity index (χ0n) is 15.9. The van der Waals surface area contributed by atoms with Gasteiger partial charge in [0.15, 0.2) is 0 Å². The van der Waals surface area contributed by atoms with Crippen molar-refractivity contribution < 1.29 is 13.9 Å². The molecule has 0 aliphatic heterocycles. The third-order valence-electron chi connectivity index (χ3n) is 5.40. The van der Waals surface area contributed by atoms with Gasteiger partial charge in [0.05, 0.1) is 19.9 Å². The first-order valence-corrected chi connectivity index (χ1v) is 9.24. The first kappa shape index (κ1) is 18.5. The Hall–Kier alpha value is -2.27. The lowest BCUT2D eigenvalue weighted by Gasteiger charge is -2.42. The molecule has 1 amide bonds. The summed E-state index contributed by atoms with van der Waals surface area (Å²) in [6, 6.07) is 11.8. The Balaban J connectivity index is 1.71. The van der Waals surface area contributed by atoms with Gasteiger partial charge in [0.25, 0.3) is 5.91 Å². The maximum absolute atomic E-state index is 13.0. The van der Waals surface area contributed by atoms with E-state index in [2.05, 4.69) is 11.9 Å². The summed E-state index contributed by atoms with van der Waals surface area (Å²) in [7, 11) is 5.68. The van der Waals surface area contributed by atoms with Gasteiger partial charge in [-0.25, -0.2) is 0 Å². The molecule has 26 heavy (non-hydrogen) atoms. The second kappa shape index (κ2) is 8.41. The standard InChI is InChI=1S/C21H28N2O3/c1-22(15-18-7-6-14-26-18)19-8-4-5-9-20(19)23(2)21(24)16-10-12-17(25-3)13-11-16/h6-7,10-14,19-20H,4-5,8-9,15H2,1-3H3/t19-,20-/m1/s1. The lowest BCUT2D eigenvalue weighted by Crippen LogP contribution is -2.52. The van der Waals surface area contributed by atoms with Crippen molar-refractivity contribution in [3.63, 3.8) is 0 Å². The quantitative estimate of drug-likeness (QED) is 0.790. The minimum atomic E-state index is 0.0657. The smallest absolute Gasteiger partial charge is 0.253 e. The molecule has 0 N–H and O–H groups in total. The third kappa shape index (κ3) is 4.10. The van der Waals surface area contributed by atoms with E-state index in [0.717, 1.165) is 37.3 Å². The predicted molar refractivity (Wildman–Crippen MR) is 101 cm³/mol. The highest BCUT2D eigenvalue weighted by molar-refractivity contribution is 5.94. The van der Waals surface area contributed by atoms with Crippen molar-refractivity contribution >= 4 is 5.91 Å². The molecule has 3 rings (SSSR count). The number of rotatable bonds is 6. The van der Waals surface area contributed by atoms with Crippen molar-refractivity contribution in [2.24, 2.45) is 0 Å². The van der Waals surface area contributed by atoms with Gasteiger partial charge in [0.1, 0.15) is 11.5 Å². The zero-order valence-corrected chi connectivity index (χ0v) is 15.9. The van der Waals surface area contributed by atoms with E-state index in [1.165, 1.54) is 6.42 Å². The van der Waals surface area contributed by atoms with E-state index in [-0.39, 0.29) is 11.9 Å². The fourth-order valence-corrected chi connectivity index (χ4v) is 3.91. The van der Waals surface area contributed by atoms with Crippen LogP contribution in [-0.2, 0) is 6.54 Å². The molecule has 5 nitrogen and oxygen atoms in total. The number of benzene rings is 1. The second-order valence-corrected chi connectivity index (χ2v) is 7.06. The van der Waals surface area contributed by atoms with Gasteiger partial charge >= 0.3 is 0 Å². The summed E-state index contributed by atoms with van der Waals surface area (Å²) in [5, 5.41) is 0. The van der Waals surface area contributed by atoms with E-state index in [4.69, 9.17) is 9.15 Å². The Morgan fingerprint density at radius 1 is 1.12 bits per heavy atom. The fraction of sp³-hybridized carbons (Fsp3) is 0.476. The molecule has 1 aliphatic carbocycles. The van der Waals surface area contributed by atoms with Crippen LogP contribution >= 0.6 is 0 Å². The Labute approximate surface area is 155 Å². The highest BCUT2D eigenvalue weighted by Gasteiger charge is 2.33. The summed E-state index contributed by atoms with van der Waals surface area (Å²) in [6.45, 7) is 0.763. The minimum absolute atomic E-state index is 0.0657. The Morgan fingerprint density at radius 2 is 1.81 bits per heavy atom. The van der Waals surface area contributed by atoms with Crippen molar-refractivity contribution in [1.82, 2.24) is 9.80 Å². The second-order valence-electron chi connectivity index (χ2n) is 7.06. The average molecular weight is 356 g/mol. The van der Waals surface area contributed by atoms with Crippen molar-refractivity contribution in [2.45, 2.75) is 44.3 Å². The van der Waals surface area contributed by atoms with Crippen molar-refractivity contribution in [1.29, 1.82) is 0 Å². The van der Waals surface area contributed by atoms with Crippen LogP contribution in [0.25, 0.3) is 0 Å². The number of hydrogen-bond donors (Lipinski definition) is 0. The van der Waals surface area contributed by atoms with Gasteiger partial charge < -0.3 is 14.1 Å². The summed E-state index contributed by atoms with van der Waals surface area (Å²) in [6.07, 6.45) is 6.21. The first-order valence-electron chi connectivity index (χ1n) is 9.24. The van der Waals surface area contributed by atoms with Crippen LogP contribution in [0.2, 0.25) is 0 Å². The van der Waals surface area contributed by atoms with Crippen LogP contribution in [0.4, 0.5) is 0 Å². The van der Waals surface area contributed by atoms with Gasteiger partial charge in [-0.2, -0.15) is 0 Å². The Morgan fingerprint density at radius 3 is 2.42 bits per heavy atom. The molecule has 1 heterocycles. The molecule has 1 saturated carbocycles. The van der Waals surface area contributed by atoms with Crippen LogP contribution in [0, 0.1) is 0 Å². The number of carbonyl (C=O) groups is 1. The Kier molecular flexibility index (Phi) is 5.99. The van der Waals surface area contributed by atoms with Crippen LogP contribution in [-0.4, -0.2) is 49.0 Å². The largest absolute Gasteiger partial charge is 0.497 e. The summed E-state index contributed by atoms with van der Waals surface area (Å²) in [5.74, 6) is 1.79. The van der Waals surface area contributed by atoms with Crippen LogP contribution in [0.1, 0.15) is 41.8 Å². The molecular weight excluding hydrogens is 328 g/mol. The predicted octanol–water partition coefficient (Wildman–Crippen LogP) is 3.80. The molecular formula is C21H28N2O3. The molecule has 1 fully saturated rings. The summed E-state index contributed by atoms with van der Waals surface area (Å²) < 4.78 is 10.7. The van der Waals surface area contributed by atoms with Gasteiger partial charge in [0.2, 0.25) is 0 Å². The van der Waals surface area contributed by atoms with E-state index in [0.29, 0.717) is 11.6 Å². The van der Waals surface area contributed by atoms with Crippen molar-refractivity contribution in [2.75, 3.05) is 21.2 Å². The number of furan rings is 1. The number of carbonyl (C=O) groups excluding carboxylic acids is 1. The fourth-order valence-electron chi connectivity index (χ4n) is 3.91. The Bertz CT molecular complexity index is 697. The van der Waals surface area contributed by atoms with Crippen LogP contribution < -0.4 is 4.74 Å². The number of likely N-dealkylation sites (N-methyl/N-ethyl adjacent to an activating group) is 2. The van der Waals surface area contributed by atoms with Gasteiger partial charge in [-0.1, -0.05) is 12.8 Å². The van der Waals surface area contributed by atoms with E-state index < -0.39 is 0 Å². The molecule has 1 aromatic carbocycles. The monoisotopic (exact) mass is 356 g/mol. The lowest BCUT2D eigenvalue weighted by atomic mass is 9.88. The number of methoxy groups -OCH3 is 1. The SMILES string of the molecule is COc1ccc(C(=O)N(C)[C@@H]2CCCC[C@H]2N(C)Cc2ccco2)cc1. The third-order valence-corrected chi connectivity index (χ3v) is 5.40.